The van der Waals surface area contributed by atoms with Gasteiger partial charge in [-0.1, -0.05) is 20.3 Å². The minimum atomic E-state index is -3.17. The van der Waals surface area contributed by atoms with Gasteiger partial charge in [0.2, 0.25) is 5.91 Å². The summed E-state index contributed by atoms with van der Waals surface area (Å²) in [4.78, 5) is 11.7. The normalized spacial score (nSPS) is 12.9. The predicted octanol–water partition coefficient (Wildman–Crippen LogP) is 2.06. The van der Waals surface area contributed by atoms with Gasteiger partial charge in [-0.3, -0.25) is 4.79 Å². The summed E-state index contributed by atoms with van der Waals surface area (Å²) in [6.45, 7) is 3.85. The van der Waals surface area contributed by atoms with Crippen LogP contribution in [0.1, 0.15) is 26.7 Å². The molecule has 0 aliphatic rings. The number of sulfone groups is 1. The molecule has 0 heterocycles. The Morgan fingerprint density at radius 1 is 1.30 bits per heavy atom. The molecule has 0 spiro atoms. The van der Waals surface area contributed by atoms with Gasteiger partial charge >= 0.3 is 0 Å². The molecule has 0 aliphatic carbocycles. The van der Waals surface area contributed by atoms with Crippen LogP contribution in [0, 0.1) is 5.92 Å². The number of hydrogen-bond acceptors (Lipinski definition) is 4. The summed E-state index contributed by atoms with van der Waals surface area (Å²) in [5.74, 6) is -0.153. The standard InChI is InChI=1S/C14H22N2O3S/c1-3-11(2)10-20(18,19)9-8-14(17)16-13-6-4-12(15)5-7-13/h4-7,11H,3,8-10,15H2,1-2H3,(H,16,17). The van der Waals surface area contributed by atoms with Crippen LogP contribution >= 0.6 is 0 Å². The Kier molecular flexibility index (Phi) is 6.01. The zero-order chi connectivity index (χ0) is 15.2. The van der Waals surface area contributed by atoms with Crippen LogP contribution in [0.4, 0.5) is 11.4 Å². The van der Waals surface area contributed by atoms with Crippen molar-refractivity contribution in [1.82, 2.24) is 0 Å². The van der Waals surface area contributed by atoms with E-state index in [2.05, 4.69) is 5.32 Å². The van der Waals surface area contributed by atoms with Crippen molar-refractivity contribution in [3.05, 3.63) is 24.3 Å². The lowest BCUT2D eigenvalue weighted by molar-refractivity contribution is -0.115. The molecule has 3 N–H and O–H groups in total. The van der Waals surface area contributed by atoms with Gasteiger partial charge in [0, 0.05) is 17.8 Å². The van der Waals surface area contributed by atoms with Crippen LogP contribution in [-0.4, -0.2) is 25.8 Å². The summed E-state index contributed by atoms with van der Waals surface area (Å²) in [7, 11) is -3.17. The Labute approximate surface area is 120 Å². The molecule has 0 radical (unpaired) electrons. The summed E-state index contributed by atoms with van der Waals surface area (Å²) >= 11 is 0. The minimum Gasteiger partial charge on any atom is -0.399 e. The highest BCUT2D eigenvalue weighted by Gasteiger charge is 2.16. The molecule has 1 aromatic carbocycles. The van der Waals surface area contributed by atoms with E-state index in [0.717, 1.165) is 6.42 Å². The van der Waals surface area contributed by atoms with Crippen LogP contribution in [-0.2, 0) is 14.6 Å². The van der Waals surface area contributed by atoms with Crippen LogP contribution in [0.3, 0.4) is 0 Å². The number of amides is 1. The van der Waals surface area contributed by atoms with Crippen molar-refractivity contribution in [2.45, 2.75) is 26.7 Å². The van der Waals surface area contributed by atoms with Gasteiger partial charge in [0.15, 0.2) is 9.84 Å². The summed E-state index contributed by atoms with van der Waals surface area (Å²) < 4.78 is 23.6. The van der Waals surface area contributed by atoms with Gasteiger partial charge in [0.25, 0.3) is 0 Å². The van der Waals surface area contributed by atoms with Crippen molar-refractivity contribution < 1.29 is 13.2 Å². The van der Waals surface area contributed by atoms with Crippen LogP contribution in [0.15, 0.2) is 24.3 Å². The fourth-order valence-electron chi connectivity index (χ4n) is 1.67. The van der Waals surface area contributed by atoms with E-state index < -0.39 is 9.84 Å². The van der Waals surface area contributed by atoms with Gasteiger partial charge in [0.05, 0.1) is 11.5 Å². The van der Waals surface area contributed by atoms with Crippen molar-refractivity contribution in [1.29, 1.82) is 0 Å². The van der Waals surface area contributed by atoms with E-state index >= 15 is 0 Å². The fraction of sp³-hybridized carbons (Fsp3) is 0.500. The number of nitrogens with one attached hydrogen (secondary N) is 1. The molecule has 0 saturated carbocycles. The molecule has 20 heavy (non-hydrogen) atoms. The van der Waals surface area contributed by atoms with E-state index in [4.69, 9.17) is 5.73 Å². The first-order chi connectivity index (χ1) is 9.32. The fourth-order valence-corrected chi connectivity index (χ4v) is 3.44. The molecule has 1 atom stereocenters. The largest absolute Gasteiger partial charge is 0.399 e. The van der Waals surface area contributed by atoms with Crippen molar-refractivity contribution >= 4 is 27.1 Å². The SMILES string of the molecule is CCC(C)CS(=O)(=O)CCC(=O)Nc1ccc(N)cc1. The van der Waals surface area contributed by atoms with Crippen molar-refractivity contribution in [3.8, 4) is 0 Å². The van der Waals surface area contributed by atoms with Crippen molar-refractivity contribution in [2.75, 3.05) is 22.6 Å². The van der Waals surface area contributed by atoms with E-state index in [1.807, 2.05) is 13.8 Å². The van der Waals surface area contributed by atoms with Crippen LogP contribution < -0.4 is 11.1 Å². The maximum Gasteiger partial charge on any atom is 0.225 e. The predicted molar refractivity (Wildman–Crippen MR) is 82.2 cm³/mol. The van der Waals surface area contributed by atoms with Crippen LogP contribution in [0.2, 0.25) is 0 Å². The van der Waals surface area contributed by atoms with Crippen LogP contribution in [0.25, 0.3) is 0 Å². The smallest absolute Gasteiger partial charge is 0.225 e. The number of carbonyl (C=O) groups is 1. The Balaban J connectivity index is 2.45. The summed E-state index contributed by atoms with van der Waals surface area (Å²) in [5, 5.41) is 2.65. The quantitative estimate of drug-likeness (QED) is 0.754. The summed E-state index contributed by atoms with van der Waals surface area (Å²) in [6, 6.07) is 6.71. The van der Waals surface area contributed by atoms with Crippen molar-refractivity contribution in [2.24, 2.45) is 5.92 Å². The van der Waals surface area contributed by atoms with E-state index in [-0.39, 0.29) is 29.8 Å². The highest BCUT2D eigenvalue weighted by Crippen LogP contribution is 2.11. The number of carbonyl (C=O) groups excluding carboxylic acids is 1. The first-order valence-corrected chi connectivity index (χ1v) is 8.50. The lowest BCUT2D eigenvalue weighted by Gasteiger charge is -2.09. The number of nitrogen functional groups attached to an aromatic ring is 1. The van der Waals surface area contributed by atoms with Gasteiger partial charge in [-0.25, -0.2) is 8.42 Å². The highest BCUT2D eigenvalue weighted by molar-refractivity contribution is 7.91. The van der Waals surface area contributed by atoms with Crippen LogP contribution in [0.5, 0.6) is 0 Å². The van der Waals surface area contributed by atoms with Gasteiger partial charge in [-0.15, -0.1) is 0 Å². The molecule has 1 unspecified atom stereocenters. The molecular weight excluding hydrogens is 276 g/mol. The average molecular weight is 298 g/mol. The molecule has 0 saturated heterocycles. The molecule has 112 valence electrons. The molecule has 0 aliphatic heterocycles. The summed E-state index contributed by atoms with van der Waals surface area (Å²) in [6.07, 6.45) is 0.792. The lowest BCUT2D eigenvalue weighted by atomic mass is 10.2. The van der Waals surface area contributed by atoms with Gasteiger partial charge in [0.1, 0.15) is 0 Å². The molecule has 1 amide bonds. The van der Waals surface area contributed by atoms with E-state index in [0.29, 0.717) is 11.4 Å². The number of hydrogen-bond donors (Lipinski definition) is 2. The monoisotopic (exact) mass is 298 g/mol. The maximum atomic E-state index is 11.8. The second-order valence-corrected chi connectivity index (χ2v) is 7.28. The number of anilines is 2. The Bertz CT molecular complexity index is 538. The first-order valence-electron chi connectivity index (χ1n) is 6.68. The molecule has 5 nitrogen and oxygen atoms in total. The molecule has 1 rings (SSSR count). The molecule has 0 bridgehead atoms. The van der Waals surface area contributed by atoms with Crippen molar-refractivity contribution in [3.63, 3.8) is 0 Å². The minimum absolute atomic E-state index is 0.0247. The zero-order valence-corrected chi connectivity index (χ0v) is 12.7. The zero-order valence-electron chi connectivity index (χ0n) is 11.9. The Morgan fingerprint density at radius 3 is 2.45 bits per heavy atom. The topological polar surface area (TPSA) is 89.3 Å². The van der Waals surface area contributed by atoms with E-state index in [1.165, 1.54) is 0 Å². The van der Waals surface area contributed by atoms with Gasteiger partial charge in [-0.2, -0.15) is 0 Å². The number of nitrogens with two attached hydrogens (primary N) is 1. The second-order valence-electron chi connectivity index (χ2n) is 5.05. The molecule has 0 aromatic heterocycles. The Hall–Kier alpha value is -1.56. The first kappa shape index (κ1) is 16.5. The third kappa shape index (κ3) is 6.06. The van der Waals surface area contributed by atoms with E-state index in [9.17, 15) is 13.2 Å². The lowest BCUT2D eigenvalue weighted by Crippen LogP contribution is -2.21. The Morgan fingerprint density at radius 2 is 1.90 bits per heavy atom. The second kappa shape index (κ2) is 7.28. The summed E-state index contributed by atoms with van der Waals surface area (Å²) in [5.41, 5.74) is 6.77. The van der Waals surface area contributed by atoms with E-state index in [1.54, 1.807) is 24.3 Å². The molecular formula is C14H22N2O3S. The number of benzene rings is 1. The molecule has 0 fully saturated rings. The molecule has 1 aromatic rings. The average Bonchev–Trinajstić information content (AvgIpc) is 2.39. The van der Waals surface area contributed by atoms with Gasteiger partial charge < -0.3 is 11.1 Å². The molecule has 6 heteroatoms. The third-order valence-electron chi connectivity index (χ3n) is 3.07. The number of rotatable bonds is 7. The van der Waals surface area contributed by atoms with Gasteiger partial charge in [-0.05, 0) is 30.2 Å². The third-order valence-corrected chi connectivity index (χ3v) is 4.97. The maximum absolute atomic E-state index is 11.8. The highest BCUT2D eigenvalue weighted by atomic mass is 32.2.